The van der Waals surface area contributed by atoms with Crippen molar-refractivity contribution in [2.45, 2.75) is 39.0 Å². The highest BCUT2D eigenvalue weighted by molar-refractivity contribution is 5.81. The fraction of sp³-hybridized carbons (Fsp3) is 0.348. The van der Waals surface area contributed by atoms with E-state index in [1.807, 2.05) is 0 Å². The smallest absolute Gasteiger partial charge is 0.194 e. The number of fused-ring (bicyclic) bond motifs is 1. The average molecular weight is 314 g/mol. The summed E-state index contributed by atoms with van der Waals surface area (Å²) < 4.78 is 2.36. The van der Waals surface area contributed by atoms with Crippen LogP contribution >= 0.6 is 0 Å². The molecule has 0 radical (unpaired) electrons. The molecule has 1 heteroatoms. The maximum atomic E-state index is 2.49. The van der Waals surface area contributed by atoms with Gasteiger partial charge in [0.15, 0.2) is 0 Å². The summed E-state index contributed by atoms with van der Waals surface area (Å²) in [5, 5.41) is 1.35. The van der Waals surface area contributed by atoms with Gasteiger partial charge >= 0.3 is 0 Å². The molecule has 120 valence electrons. The normalized spacial score (nSPS) is 21.5. The highest BCUT2D eigenvalue weighted by Gasteiger charge is 2.37. The molecule has 1 saturated carbocycles. The van der Waals surface area contributed by atoms with Crippen LogP contribution in [0.5, 0.6) is 0 Å². The van der Waals surface area contributed by atoms with Gasteiger partial charge in [-0.25, -0.2) is 0 Å². The monoisotopic (exact) mass is 314 g/mol. The van der Waals surface area contributed by atoms with E-state index in [1.54, 1.807) is 11.1 Å². The lowest BCUT2D eigenvalue weighted by Gasteiger charge is -2.43. The van der Waals surface area contributed by atoms with Gasteiger partial charge in [-0.1, -0.05) is 18.2 Å². The number of aromatic nitrogens is 1. The first kappa shape index (κ1) is 14.2. The SMILES string of the molecule is Cc1cc2c(cc1-c1ccc3c(C)cccc3[n+]1C)CC1CC2C1. The Morgan fingerprint density at radius 3 is 2.62 bits per heavy atom. The Balaban J connectivity index is 1.72. The Bertz CT molecular complexity index is 977. The topological polar surface area (TPSA) is 3.88 Å². The summed E-state index contributed by atoms with van der Waals surface area (Å²) in [6.07, 6.45) is 4.14. The maximum absolute atomic E-state index is 2.49. The van der Waals surface area contributed by atoms with Gasteiger partial charge in [0.2, 0.25) is 11.2 Å². The van der Waals surface area contributed by atoms with Crippen molar-refractivity contribution in [3.05, 3.63) is 64.7 Å². The van der Waals surface area contributed by atoms with Gasteiger partial charge < -0.3 is 0 Å². The first-order valence-corrected chi connectivity index (χ1v) is 9.14. The quantitative estimate of drug-likeness (QED) is 0.557. The molecular weight excluding hydrogens is 290 g/mol. The fourth-order valence-corrected chi connectivity index (χ4v) is 4.92. The second-order valence-electron chi connectivity index (χ2n) is 7.89. The molecule has 0 atom stereocenters. The Morgan fingerprint density at radius 1 is 0.958 bits per heavy atom. The molecule has 0 amide bonds. The molecular formula is C23H24N+. The molecule has 1 fully saturated rings. The van der Waals surface area contributed by atoms with Crippen LogP contribution in [0, 0.1) is 19.8 Å². The predicted molar refractivity (Wildman–Crippen MR) is 99.2 cm³/mol. The first-order chi connectivity index (χ1) is 11.6. The average Bonchev–Trinajstić information content (AvgIpc) is 2.54. The van der Waals surface area contributed by atoms with Gasteiger partial charge in [0, 0.05) is 23.1 Å². The molecule has 1 heterocycles. The lowest BCUT2D eigenvalue weighted by atomic mass is 9.62. The molecule has 2 aromatic carbocycles. The molecule has 0 unspecified atom stereocenters. The van der Waals surface area contributed by atoms with Crippen molar-refractivity contribution in [1.82, 2.24) is 0 Å². The minimum atomic E-state index is 0.847. The largest absolute Gasteiger partial charge is 0.213 e. The van der Waals surface area contributed by atoms with Crippen LogP contribution in [0.25, 0.3) is 22.2 Å². The lowest BCUT2D eigenvalue weighted by Crippen LogP contribution is -2.33. The molecule has 0 saturated heterocycles. The molecule has 3 aliphatic rings. The Kier molecular flexibility index (Phi) is 2.92. The zero-order valence-corrected chi connectivity index (χ0v) is 14.8. The van der Waals surface area contributed by atoms with Gasteiger partial charge in [-0.2, -0.15) is 4.57 Å². The van der Waals surface area contributed by atoms with Gasteiger partial charge in [0.1, 0.15) is 7.05 Å². The summed E-state index contributed by atoms with van der Waals surface area (Å²) >= 11 is 0. The van der Waals surface area contributed by atoms with Crippen molar-refractivity contribution >= 4 is 10.9 Å². The summed E-state index contributed by atoms with van der Waals surface area (Å²) in [5.41, 5.74) is 10.0. The zero-order chi connectivity index (χ0) is 16.4. The summed E-state index contributed by atoms with van der Waals surface area (Å²) in [6.45, 7) is 4.47. The minimum Gasteiger partial charge on any atom is -0.194 e. The van der Waals surface area contributed by atoms with Crippen LogP contribution in [-0.4, -0.2) is 0 Å². The van der Waals surface area contributed by atoms with E-state index in [2.05, 4.69) is 67.9 Å². The highest BCUT2D eigenvalue weighted by Crippen LogP contribution is 2.50. The summed E-state index contributed by atoms with van der Waals surface area (Å²) in [5.74, 6) is 1.80. The van der Waals surface area contributed by atoms with Crippen LogP contribution in [0.4, 0.5) is 0 Å². The zero-order valence-electron chi connectivity index (χ0n) is 14.8. The van der Waals surface area contributed by atoms with Gasteiger partial charge in [-0.3, -0.25) is 0 Å². The number of nitrogens with zero attached hydrogens (tertiary/aromatic N) is 1. The highest BCUT2D eigenvalue weighted by atomic mass is 14.9. The van der Waals surface area contributed by atoms with E-state index >= 15 is 0 Å². The number of benzene rings is 2. The molecule has 3 aliphatic carbocycles. The van der Waals surface area contributed by atoms with Crippen molar-refractivity contribution in [3.63, 3.8) is 0 Å². The number of rotatable bonds is 1. The van der Waals surface area contributed by atoms with Crippen LogP contribution in [0.3, 0.4) is 0 Å². The molecule has 1 nitrogen and oxygen atoms in total. The van der Waals surface area contributed by atoms with E-state index in [-0.39, 0.29) is 0 Å². The first-order valence-electron chi connectivity index (χ1n) is 9.14. The number of aryl methyl sites for hydroxylation is 3. The van der Waals surface area contributed by atoms with Crippen LogP contribution in [-0.2, 0) is 13.5 Å². The predicted octanol–water partition coefficient (Wildman–Crippen LogP) is 5.00. The molecule has 1 aromatic heterocycles. The summed E-state index contributed by atoms with van der Waals surface area (Å²) in [6, 6.07) is 16.1. The van der Waals surface area contributed by atoms with Crippen molar-refractivity contribution in [2.24, 2.45) is 13.0 Å². The van der Waals surface area contributed by atoms with Gasteiger partial charge in [-0.15, -0.1) is 0 Å². The van der Waals surface area contributed by atoms with Gasteiger partial charge in [0.05, 0.1) is 0 Å². The van der Waals surface area contributed by atoms with E-state index in [9.17, 15) is 0 Å². The Labute approximate surface area is 144 Å². The van der Waals surface area contributed by atoms with Crippen LogP contribution in [0.15, 0.2) is 42.5 Å². The van der Waals surface area contributed by atoms with Crippen LogP contribution < -0.4 is 4.57 Å². The minimum absolute atomic E-state index is 0.847. The molecule has 0 spiro atoms. The van der Waals surface area contributed by atoms with Crippen molar-refractivity contribution < 1.29 is 4.57 Å². The van der Waals surface area contributed by atoms with E-state index in [4.69, 9.17) is 0 Å². The van der Waals surface area contributed by atoms with Crippen LogP contribution in [0.1, 0.15) is 41.0 Å². The fourth-order valence-electron chi connectivity index (χ4n) is 4.92. The van der Waals surface area contributed by atoms with Crippen molar-refractivity contribution in [1.29, 1.82) is 0 Å². The van der Waals surface area contributed by atoms with Crippen molar-refractivity contribution in [3.8, 4) is 11.3 Å². The van der Waals surface area contributed by atoms with E-state index in [0.717, 1.165) is 11.8 Å². The Hall–Kier alpha value is -2.15. The third kappa shape index (κ3) is 1.90. The number of hydrogen-bond donors (Lipinski definition) is 0. The van der Waals surface area contributed by atoms with E-state index < -0.39 is 0 Å². The lowest BCUT2D eigenvalue weighted by molar-refractivity contribution is -0.633. The molecule has 2 bridgehead atoms. The second kappa shape index (κ2) is 4.92. The summed E-state index contributed by atoms with van der Waals surface area (Å²) in [4.78, 5) is 0. The molecule has 24 heavy (non-hydrogen) atoms. The molecule has 0 N–H and O–H groups in total. The Morgan fingerprint density at radius 2 is 1.79 bits per heavy atom. The van der Waals surface area contributed by atoms with Gasteiger partial charge in [0.25, 0.3) is 0 Å². The number of pyridine rings is 1. The third-order valence-electron chi connectivity index (χ3n) is 6.38. The molecule has 0 aliphatic heterocycles. The molecule has 6 rings (SSSR count). The summed E-state index contributed by atoms with van der Waals surface area (Å²) in [7, 11) is 2.20. The maximum Gasteiger partial charge on any atom is 0.213 e. The second-order valence-corrected chi connectivity index (χ2v) is 7.89. The third-order valence-corrected chi connectivity index (χ3v) is 6.38. The van der Waals surface area contributed by atoms with Crippen LogP contribution in [0.2, 0.25) is 0 Å². The standard InChI is InChI=1S/C23H24N/c1-14-5-4-6-22-19(14)7-8-23(24(22)3)20-13-18-12-16-10-17(11-16)21(18)9-15(20)2/h4-9,13,16-17H,10-12H2,1-3H3/q+1. The van der Waals surface area contributed by atoms with Gasteiger partial charge in [-0.05, 0) is 79.3 Å². The van der Waals surface area contributed by atoms with Crippen molar-refractivity contribution in [2.75, 3.05) is 0 Å². The van der Waals surface area contributed by atoms with E-state index in [1.165, 1.54) is 52.5 Å². The number of hydrogen-bond acceptors (Lipinski definition) is 0. The molecule has 3 aromatic rings. The van der Waals surface area contributed by atoms with E-state index in [0.29, 0.717) is 0 Å².